The number of nitrogens with one attached hydrogen (secondary N) is 1. The summed E-state index contributed by atoms with van der Waals surface area (Å²) in [5, 5.41) is 44.8. The van der Waals surface area contributed by atoms with Crippen molar-refractivity contribution in [3.05, 3.63) is 0 Å². The molecule has 4 aliphatic rings. The van der Waals surface area contributed by atoms with Gasteiger partial charge >= 0.3 is 0 Å². The Morgan fingerprint density at radius 2 is 1.44 bits per heavy atom. The van der Waals surface area contributed by atoms with Crippen LogP contribution in [0, 0.1) is 0 Å². The molecule has 16 atom stereocenters. The number of nitrogens with two attached hydrogens (primary N) is 4. The maximum Gasteiger partial charge on any atom is 0.189 e. The van der Waals surface area contributed by atoms with Crippen molar-refractivity contribution in [3.63, 3.8) is 0 Å². The molecule has 4 fully saturated rings. The van der Waals surface area contributed by atoms with Gasteiger partial charge in [-0.15, -0.1) is 0 Å². The van der Waals surface area contributed by atoms with Gasteiger partial charge in [-0.3, -0.25) is 0 Å². The zero-order valence-corrected chi connectivity index (χ0v) is 20.0. The summed E-state index contributed by atoms with van der Waals surface area (Å²) in [5.41, 5.74) is 24.2. The highest BCUT2D eigenvalue weighted by Gasteiger charge is 2.53. The van der Waals surface area contributed by atoms with Gasteiger partial charge in [0.1, 0.15) is 24.4 Å². The quantitative estimate of drug-likeness (QED) is 0.166. The number of aliphatic hydroxyl groups excluding tert-OH is 4. The molecule has 3 heterocycles. The molecule has 14 heteroatoms. The van der Waals surface area contributed by atoms with Crippen LogP contribution in [0.3, 0.4) is 0 Å². The normalized spacial score (nSPS) is 53.8. The van der Waals surface area contributed by atoms with Crippen LogP contribution in [0.1, 0.15) is 33.6 Å². The van der Waals surface area contributed by atoms with Crippen LogP contribution in [-0.4, -0.2) is 125 Å². The molecule has 3 aliphatic heterocycles. The molecular weight excluding hydrogens is 478 g/mol. The molecule has 0 aromatic rings. The molecule has 0 amide bonds. The summed E-state index contributed by atoms with van der Waals surface area (Å²) in [6, 6.07) is -2.94. The number of likely N-dealkylation sites (N-methyl/N-ethyl adjacent to an activating group) is 1. The first-order chi connectivity index (χ1) is 16.5. The van der Waals surface area contributed by atoms with Crippen LogP contribution in [-0.2, 0) is 23.7 Å². The molecule has 0 radical (unpaired) electrons. The van der Waals surface area contributed by atoms with Crippen LogP contribution in [0.15, 0.2) is 0 Å². The highest BCUT2D eigenvalue weighted by Crippen LogP contribution is 2.35. The van der Waals surface area contributed by atoms with E-state index < -0.39 is 91.9 Å². The monoisotopic (exact) mass is 523 g/mol. The van der Waals surface area contributed by atoms with E-state index in [4.69, 9.17) is 46.6 Å². The van der Waals surface area contributed by atoms with Crippen molar-refractivity contribution in [2.75, 3.05) is 7.05 Å². The first-order valence-electron chi connectivity index (χ1n) is 12.2. The van der Waals surface area contributed by atoms with Gasteiger partial charge in [-0.2, -0.15) is 0 Å². The number of hydrogen-bond donors (Lipinski definition) is 9. The second-order valence-corrected chi connectivity index (χ2v) is 10.2. The van der Waals surface area contributed by atoms with Crippen molar-refractivity contribution < 1.29 is 44.1 Å². The molecule has 13 N–H and O–H groups in total. The Morgan fingerprint density at radius 3 is 2.11 bits per heavy atom. The molecule has 9 unspecified atom stereocenters. The molecule has 0 aromatic heterocycles. The van der Waals surface area contributed by atoms with Gasteiger partial charge in [0.25, 0.3) is 0 Å². The van der Waals surface area contributed by atoms with Crippen molar-refractivity contribution in [1.29, 1.82) is 0 Å². The Morgan fingerprint density at radius 1 is 0.750 bits per heavy atom. The molecule has 3 saturated heterocycles. The number of ether oxygens (including phenoxy) is 5. The predicted octanol–water partition coefficient (Wildman–Crippen LogP) is -4.26. The topological polar surface area (TPSA) is 243 Å². The minimum atomic E-state index is -1.40. The third kappa shape index (κ3) is 5.87. The standard InChI is InChI=1S/C21H41N5O9.CH4/c1-6-13(25)15(28)17(30)21(31-6)35-20-14(26-2)16(29)18-12(33-20)4-9(24)19(34-18)32-11-5-10(27)7(22)3-8(11)23;/h6-21,26-30H,3-5,22-25H2,1-2H3;1H4/t6?,7-,8?,9?,10?,11+,12+,13-,14?,15+,16?,17?,18?,19+,20?,21-;/m1./s1. The molecule has 4 rings (SSSR count). The first kappa shape index (κ1) is 30.0. The summed E-state index contributed by atoms with van der Waals surface area (Å²) in [6.07, 6.45) is -9.17. The Balaban J connectivity index is 0.00000361. The third-order valence-corrected chi connectivity index (χ3v) is 7.63. The van der Waals surface area contributed by atoms with Crippen molar-refractivity contribution in [1.82, 2.24) is 5.32 Å². The minimum absolute atomic E-state index is 0. The van der Waals surface area contributed by atoms with Crippen LogP contribution < -0.4 is 28.3 Å². The lowest BCUT2D eigenvalue weighted by atomic mass is 9.87. The highest BCUT2D eigenvalue weighted by molar-refractivity contribution is 5.00. The molecule has 212 valence electrons. The third-order valence-electron chi connectivity index (χ3n) is 7.63. The summed E-state index contributed by atoms with van der Waals surface area (Å²) >= 11 is 0. The van der Waals surface area contributed by atoms with Gasteiger partial charge in [-0.05, 0) is 26.8 Å². The van der Waals surface area contributed by atoms with Gasteiger partial charge in [-0.25, -0.2) is 0 Å². The van der Waals surface area contributed by atoms with Crippen molar-refractivity contribution >= 4 is 0 Å². The summed E-state index contributed by atoms with van der Waals surface area (Å²) < 4.78 is 29.7. The van der Waals surface area contributed by atoms with Crippen LogP contribution in [0.5, 0.6) is 0 Å². The van der Waals surface area contributed by atoms with Crippen LogP contribution >= 0.6 is 0 Å². The van der Waals surface area contributed by atoms with E-state index in [1.165, 1.54) is 0 Å². The zero-order valence-electron chi connectivity index (χ0n) is 20.0. The maximum absolute atomic E-state index is 11.1. The summed E-state index contributed by atoms with van der Waals surface area (Å²) in [5.74, 6) is 0. The Labute approximate surface area is 211 Å². The van der Waals surface area contributed by atoms with Gasteiger partial charge in [0.05, 0.1) is 42.5 Å². The molecule has 36 heavy (non-hydrogen) atoms. The second-order valence-electron chi connectivity index (χ2n) is 10.2. The van der Waals surface area contributed by atoms with Crippen LogP contribution in [0.25, 0.3) is 0 Å². The fraction of sp³-hybridized carbons (Fsp3) is 1.00. The summed E-state index contributed by atoms with van der Waals surface area (Å²) in [7, 11) is 1.62. The predicted molar refractivity (Wildman–Crippen MR) is 127 cm³/mol. The van der Waals surface area contributed by atoms with E-state index in [2.05, 4.69) is 5.32 Å². The smallest absolute Gasteiger partial charge is 0.189 e. The van der Waals surface area contributed by atoms with Gasteiger partial charge in [-0.1, -0.05) is 7.43 Å². The summed E-state index contributed by atoms with van der Waals surface area (Å²) in [6.45, 7) is 1.66. The SMILES string of the molecule is C.CNC1C(O[C@H]2OC(C)[C@@H](N)[C@H](O)C2O)O[C@H]2CC(N)[C@@H](O[C@H]3CC(O)[C@H](N)CC3N)OC2C1O. The lowest BCUT2D eigenvalue weighted by Crippen LogP contribution is -2.69. The number of fused-ring (bicyclic) bond motifs is 1. The Kier molecular flexibility index (Phi) is 10.1. The molecule has 1 aliphatic carbocycles. The average Bonchev–Trinajstić information content (AvgIpc) is 2.80. The molecule has 0 aromatic carbocycles. The number of aliphatic hydroxyl groups is 4. The van der Waals surface area contributed by atoms with E-state index in [1.807, 2.05) is 0 Å². The molecule has 14 nitrogen and oxygen atoms in total. The van der Waals surface area contributed by atoms with Gasteiger partial charge in [0.15, 0.2) is 18.9 Å². The fourth-order valence-corrected chi connectivity index (χ4v) is 5.30. The van der Waals surface area contributed by atoms with E-state index in [-0.39, 0.29) is 26.3 Å². The van der Waals surface area contributed by atoms with Crippen molar-refractivity contribution in [3.8, 4) is 0 Å². The van der Waals surface area contributed by atoms with E-state index in [0.29, 0.717) is 6.42 Å². The van der Waals surface area contributed by atoms with Crippen LogP contribution in [0.4, 0.5) is 0 Å². The number of hydrogen-bond acceptors (Lipinski definition) is 14. The lowest BCUT2D eigenvalue weighted by Gasteiger charge is -2.51. The fourth-order valence-electron chi connectivity index (χ4n) is 5.30. The molecular formula is C22H45N5O9. The van der Waals surface area contributed by atoms with Gasteiger partial charge in [0, 0.05) is 18.5 Å². The van der Waals surface area contributed by atoms with E-state index >= 15 is 0 Å². The largest absolute Gasteiger partial charge is 0.391 e. The van der Waals surface area contributed by atoms with Crippen LogP contribution in [0.2, 0.25) is 0 Å². The van der Waals surface area contributed by atoms with Crippen molar-refractivity contribution in [2.24, 2.45) is 22.9 Å². The maximum atomic E-state index is 11.1. The van der Waals surface area contributed by atoms with Crippen molar-refractivity contribution in [2.45, 2.75) is 132 Å². The lowest BCUT2D eigenvalue weighted by molar-refractivity contribution is -0.370. The van der Waals surface area contributed by atoms with Gasteiger partial charge < -0.3 is 72.4 Å². The summed E-state index contributed by atoms with van der Waals surface area (Å²) in [4.78, 5) is 0. The number of rotatable bonds is 5. The Bertz CT molecular complexity index is 711. The minimum Gasteiger partial charge on any atom is -0.391 e. The van der Waals surface area contributed by atoms with E-state index in [9.17, 15) is 20.4 Å². The second kappa shape index (κ2) is 12.1. The molecule has 0 spiro atoms. The highest BCUT2D eigenvalue weighted by atomic mass is 16.8. The first-order valence-corrected chi connectivity index (χ1v) is 12.2. The molecule has 1 saturated carbocycles. The molecule has 0 bridgehead atoms. The van der Waals surface area contributed by atoms with E-state index in [1.54, 1.807) is 14.0 Å². The zero-order chi connectivity index (χ0) is 25.6. The Hall–Kier alpha value is -0.560. The van der Waals surface area contributed by atoms with E-state index in [0.717, 1.165) is 0 Å². The average molecular weight is 524 g/mol. The van der Waals surface area contributed by atoms with Gasteiger partial charge in [0.2, 0.25) is 0 Å².